The van der Waals surface area contributed by atoms with Crippen LogP contribution in [0.15, 0.2) is 35.2 Å². The predicted molar refractivity (Wildman–Crippen MR) is 49.0 cm³/mol. The Morgan fingerprint density at radius 1 is 1.18 bits per heavy atom. The molecular formula is C9H11NS. The molecule has 1 heterocycles. The maximum absolute atomic E-state index is 3.26. The highest BCUT2D eigenvalue weighted by Gasteiger charge is 2.16. The molecule has 1 aromatic carbocycles. The van der Waals surface area contributed by atoms with E-state index < -0.39 is 0 Å². The van der Waals surface area contributed by atoms with Crippen LogP contribution in [-0.2, 0) is 0 Å². The average molecular weight is 165 g/mol. The van der Waals surface area contributed by atoms with Gasteiger partial charge >= 0.3 is 0 Å². The summed E-state index contributed by atoms with van der Waals surface area (Å²) in [7, 11) is 0. The Hall–Kier alpha value is -0.470. The van der Waals surface area contributed by atoms with Gasteiger partial charge in [-0.3, -0.25) is 0 Å². The molecule has 0 amide bonds. The molecule has 0 aromatic heterocycles. The van der Waals surface area contributed by atoms with E-state index in [4.69, 9.17) is 0 Å². The normalized spacial score (nSPS) is 17.8. The Balaban J connectivity index is 1.95. The molecule has 1 aliphatic rings. The molecule has 1 N–H and O–H groups in total. The van der Waals surface area contributed by atoms with Crippen molar-refractivity contribution in [2.24, 2.45) is 0 Å². The van der Waals surface area contributed by atoms with Gasteiger partial charge in [-0.15, -0.1) is 11.8 Å². The highest BCUT2D eigenvalue weighted by atomic mass is 32.2. The molecule has 0 aliphatic carbocycles. The van der Waals surface area contributed by atoms with Crippen molar-refractivity contribution in [3.8, 4) is 0 Å². The number of thioether (sulfide) groups is 1. The topological polar surface area (TPSA) is 12.0 Å². The van der Waals surface area contributed by atoms with Crippen molar-refractivity contribution in [2.45, 2.75) is 10.1 Å². The van der Waals surface area contributed by atoms with Gasteiger partial charge in [0.1, 0.15) is 0 Å². The van der Waals surface area contributed by atoms with Crippen molar-refractivity contribution in [3.05, 3.63) is 30.3 Å². The SMILES string of the molecule is c1ccc(SC2CNC2)cc1. The Morgan fingerprint density at radius 2 is 1.91 bits per heavy atom. The molecule has 58 valence electrons. The summed E-state index contributed by atoms with van der Waals surface area (Å²) in [5.74, 6) is 0. The molecule has 0 saturated carbocycles. The zero-order valence-electron chi connectivity index (χ0n) is 6.29. The highest BCUT2D eigenvalue weighted by molar-refractivity contribution is 8.00. The number of hydrogen-bond donors (Lipinski definition) is 1. The van der Waals surface area contributed by atoms with Crippen molar-refractivity contribution in [1.29, 1.82) is 0 Å². The summed E-state index contributed by atoms with van der Waals surface area (Å²) in [5, 5.41) is 4.06. The average Bonchev–Trinajstić information content (AvgIpc) is 1.99. The third-order valence-electron chi connectivity index (χ3n) is 1.79. The Kier molecular flexibility index (Phi) is 2.15. The molecule has 2 rings (SSSR count). The van der Waals surface area contributed by atoms with E-state index in [1.54, 1.807) is 0 Å². The molecule has 1 saturated heterocycles. The molecule has 1 aliphatic heterocycles. The Labute approximate surface area is 71.2 Å². The lowest BCUT2D eigenvalue weighted by Crippen LogP contribution is -2.44. The summed E-state index contributed by atoms with van der Waals surface area (Å²) in [6.07, 6.45) is 0. The van der Waals surface area contributed by atoms with Gasteiger partial charge in [-0.1, -0.05) is 18.2 Å². The summed E-state index contributed by atoms with van der Waals surface area (Å²) in [4.78, 5) is 1.39. The van der Waals surface area contributed by atoms with E-state index in [-0.39, 0.29) is 0 Å². The van der Waals surface area contributed by atoms with E-state index in [2.05, 4.69) is 35.6 Å². The van der Waals surface area contributed by atoms with Crippen molar-refractivity contribution in [2.75, 3.05) is 13.1 Å². The van der Waals surface area contributed by atoms with E-state index in [0.717, 1.165) is 5.25 Å². The molecule has 0 unspecified atom stereocenters. The predicted octanol–water partition coefficient (Wildman–Crippen LogP) is 1.75. The smallest absolute Gasteiger partial charge is 0.0344 e. The molecule has 0 atom stereocenters. The van der Waals surface area contributed by atoms with Gasteiger partial charge in [0, 0.05) is 23.2 Å². The minimum atomic E-state index is 0.803. The van der Waals surface area contributed by atoms with Crippen LogP contribution in [0, 0.1) is 0 Å². The van der Waals surface area contributed by atoms with Crippen LogP contribution >= 0.6 is 11.8 Å². The van der Waals surface area contributed by atoms with E-state index >= 15 is 0 Å². The summed E-state index contributed by atoms with van der Waals surface area (Å²) in [6, 6.07) is 10.6. The maximum Gasteiger partial charge on any atom is 0.0344 e. The van der Waals surface area contributed by atoms with Gasteiger partial charge in [-0.2, -0.15) is 0 Å². The quantitative estimate of drug-likeness (QED) is 0.716. The first-order chi connectivity index (χ1) is 5.45. The fourth-order valence-corrected chi connectivity index (χ4v) is 2.14. The number of nitrogens with one attached hydrogen (secondary N) is 1. The fraction of sp³-hybridized carbons (Fsp3) is 0.333. The van der Waals surface area contributed by atoms with Gasteiger partial charge < -0.3 is 5.32 Å². The zero-order valence-corrected chi connectivity index (χ0v) is 7.10. The lowest BCUT2D eigenvalue weighted by atomic mass is 10.3. The standard InChI is InChI=1S/C9H11NS/c1-2-4-8(5-3-1)11-9-6-10-7-9/h1-5,9-10H,6-7H2. The fourth-order valence-electron chi connectivity index (χ4n) is 1.04. The van der Waals surface area contributed by atoms with Crippen LogP contribution in [0.3, 0.4) is 0 Å². The first kappa shape index (κ1) is 7.19. The summed E-state index contributed by atoms with van der Waals surface area (Å²) in [5.41, 5.74) is 0. The van der Waals surface area contributed by atoms with Crippen LogP contribution in [0.5, 0.6) is 0 Å². The van der Waals surface area contributed by atoms with E-state index in [1.807, 2.05) is 11.8 Å². The van der Waals surface area contributed by atoms with E-state index in [9.17, 15) is 0 Å². The van der Waals surface area contributed by atoms with Crippen LogP contribution in [0.4, 0.5) is 0 Å². The molecule has 1 fully saturated rings. The van der Waals surface area contributed by atoms with Gasteiger partial charge in [0.05, 0.1) is 0 Å². The van der Waals surface area contributed by atoms with Crippen molar-refractivity contribution >= 4 is 11.8 Å². The number of benzene rings is 1. The molecule has 11 heavy (non-hydrogen) atoms. The van der Waals surface area contributed by atoms with Crippen molar-refractivity contribution < 1.29 is 0 Å². The van der Waals surface area contributed by atoms with Crippen molar-refractivity contribution in [1.82, 2.24) is 5.32 Å². The zero-order chi connectivity index (χ0) is 7.52. The molecule has 0 bridgehead atoms. The van der Waals surface area contributed by atoms with Crippen molar-refractivity contribution in [3.63, 3.8) is 0 Å². The Bertz CT molecular complexity index is 218. The van der Waals surface area contributed by atoms with Gasteiger partial charge in [-0.25, -0.2) is 0 Å². The summed E-state index contributed by atoms with van der Waals surface area (Å²) < 4.78 is 0. The number of rotatable bonds is 2. The monoisotopic (exact) mass is 165 g/mol. The van der Waals surface area contributed by atoms with Gasteiger partial charge in [0.25, 0.3) is 0 Å². The first-order valence-corrected chi connectivity index (χ1v) is 4.75. The second-order valence-corrected chi connectivity index (χ2v) is 4.08. The molecule has 1 aromatic rings. The minimum Gasteiger partial charge on any atom is -0.314 e. The third kappa shape index (κ3) is 1.76. The van der Waals surface area contributed by atoms with Crippen LogP contribution in [-0.4, -0.2) is 18.3 Å². The minimum absolute atomic E-state index is 0.803. The van der Waals surface area contributed by atoms with E-state index in [0.29, 0.717) is 0 Å². The molecule has 1 nitrogen and oxygen atoms in total. The molecule has 0 spiro atoms. The molecular weight excluding hydrogens is 154 g/mol. The van der Waals surface area contributed by atoms with Gasteiger partial charge in [0.2, 0.25) is 0 Å². The van der Waals surface area contributed by atoms with Crippen LogP contribution in [0.2, 0.25) is 0 Å². The number of hydrogen-bond acceptors (Lipinski definition) is 2. The van der Waals surface area contributed by atoms with Crippen LogP contribution in [0.25, 0.3) is 0 Å². The lowest BCUT2D eigenvalue weighted by molar-refractivity contribution is 0.544. The summed E-state index contributed by atoms with van der Waals surface area (Å²) >= 11 is 1.97. The second kappa shape index (κ2) is 3.28. The third-order valence-corrected chi connectivity index (χ3v) is 3.00. The molecule has 2 heteroatoms. The lowest BCUT2D eigenvalue weighted by Gasteiger charge is -2.26. The molecule has 0 radical (unpaired) electrons. The van der Waals surface area contributed by atoms with E-state index in [1.165, 1.54) is 18.0 Å². The Morgan fingerprint density at radius 3 is 2.45 bits per heavy atom. The van der Waals surface area contributed by atoms with Gasteiger partial charge in [0.15, 0.2) is 0 Å². The van der Waals surface area contributed by atoms with Gasteiger partial charge in [-0.05, 0) is 12.1 Å². The van der Waals surface area contributed by atoms with Crippen LogP contribution < -0.4 is 5.32 Å². The largest absolute Gasteiger partial charge is 0.314 e. The first-order valence-electron chi connectivity index (χ1n) is 3.87. The maximum atomic E-state index is 3.26. The highest BCUT2D eigenvalue weighted by Crippen LogP contribution is 2.24. The van der Waals surface area contributed by atoms with Crippen LogP contribution in [0.1, 0.15) is 0 Å². The second-order valence-electron chi connectivity index (χ2n) is 2.71. The summed E-state index contributed by atoms with van der Waals surface area (Å²) in [6.45, 7) is 2.33.